The molecule has 5 rings (SSSR count). The molecule has 3 aromatic carbocycles. The van der Waals surface area contributed by atoms with E-state index in [1.54, 1.807) is 25.3 Å². The van der Waals surface area contributed by atoms with Crippen LogP contribution in [0.5, 0.6) is 5.75 Å². The highest BCUT2D eigenvalue weighted by Gasteiger charge is 2.29. The van der Waals surface area contributed by atoms with E-state index in [0.717, 1.165) is 46.1 Å². The Morgan fingerprint density at radius 1 is 1.00 bits per heavy atom. The second kappa shape index (κ2) is 10.4. The molecule has 1 aliphatic carbocycles. The maximum absolute atomic E-state index is 13.7. The number of allylic oxidation sites excluding steroid dienone is 1. The molecule has 0 bridgehead atoms. The summed E-state index contributed by atoms with van der Waals surface area (Å²) in [7, 11) is 1.56. The summed E-state index contributed by atoms with van der Waals surface area (Å²) < 4.78 is 11.3. The summed E-state index contributed by atoms with van der Waals surface area (Å²) in [6, 6.07) is 23.1. The zero-order chi connectivity index (χ0) is 25.9. The molecule has 1 atom stereocenters. The van der Waals surface area contributed by atoms with Crippen molar-refractivity contribution in [2.45, 2.75) is 33.3 Å². The Bertz CT molecular complexity index is 1520. The van der Waals surface area contributed by atoms with Crippen molar-refractivity contribution >= 4 is 34.3 Å². The predicted molar refractivity (Wildman–Crippen MR) is 146 cm³/mol. The largest absolute Gasteiger partial charge is 0.496 e. The van der Waals surface area contributed by atoms with Crippen LogP contribution in [-0.4, -0.2) is 23.8 Å². The molecular formula is C32H29NO4. The third kappa shape index (κ3) is 5.03. The summed E-state index contributed by atoms with van der Waals surface area (Å²) in [5, 5.41) is 0.781. The SMILES string of the molecule is COc1ccc(C(C)=O)cc1COC(=O)c1c2c(nc3ccccc13)C(=Cc1ccccc1)CC(C)C2. The molecule has 0 radical (unpaired) electrons. The van der Waals surface area contributed by atoms with E-state index in [4.69, 9.17) is 14.5 Å². The van der Waals surface area contributed by atoms with Gasteiger partial charge in [-0.2, -0.15) is 0 Å². The van der Waals surface area contributed by atoms with Crippen molar-refractivity contribution < 1.29 is 19.1 Å². The number of para-hydroxylation sites is 1. The molecule has 0 saturated carbocycles. The number of nitrogens with zero attached hydrogens (tertiary/aromatic N) is 1. The van der Waals surface area contributed by atoms with Crippen LogP contribution in [0.3, 0.4) is 0 Å². The fraction of sp³-hybridized carbons (Fsp3) is 0.219. The van der Waals surface area contributed by atoms with E-state index < -0.39 is 5.97 Å². The fourth-order valence-electron chi connectivity index (χ4n) is 5.05. The minimum Gasteiger partial charge on any atom is -0.496 e. The highest BCUT2D eigenvalue weighted by atomic mass is 16.5. The van der Waals surface area contributed by atoms with Crippen LogP contribution < -0.4 is 4.74 Å². The molecule has 0 fully saturated rings. The van der Waals surface area contributed by atoms with Crippen molar-refractivity contribution in [2.75, 3.05) is 7.11 Å². The van der Waals surface area contributed by atoms with Gasteiger partial charge >= 0.3 is 5.97 Å². The van der Waals surface area contributed by atoms with Crippen LogP contribution >= 0.6 is 0 Å². The monoisotopic (exact) mass is 491 g/mol. The maximum atomic E-state index is 13.7. The molecule has 186 valence electrons. The summed E-state index contributed by atoms with van der Waals surface area (Å²) in [5.74, 6) is 0.458. The van der Waals surface area contributed by atoms with Crippen molar-refractivity contribution in [2.24, 2.45) is 5.92 Å². The summed E-state index contributed by atoms with van der Waals surface area (Å²) in [6.45, 7) is 3.70. The van der Waals surface area contributed by atoms with Gasteiger partial charge in [0, 0.05) is 16.5 Å². The second-order valence-corrected chi connectivity index (χ2v) is 9.58. The average Bonchev–Trinajstić information content (AvgIpc) is 2.91. The molecule has 0 spiro atoms. The Morgan fingerprint density at radius 2 is 1.76 bits per heavy atom. The fourth-order valence-corrected chi connectivity index (χ4v) is 5.05. The molecule has 0 N–H and O–H groups in total. The molecule has 0 amide bonds. The first-order valence-corrected chi connectivity index (χ1v) is 12.5. The third-order valence-corrected chi connectivity index (χ3v) is 6.81. The van der Waals surface area contributed by atoms with Gasteiger partial charge in [-0.1, -0.05) is 55.5 Å². The molecule has 4 aromatic rings. The minimum atomic E-state index is -0.404. The Morgan fingerprint density at radius 3 is 2.51 bits per heavy atom. The maximum Gasteiger partial charge on any atom is 0.339 e. The average molecular weight is 492 g/mol. The zero-order valence-electron chi connectivity index (χ0n) is 21.3. The number of ketones is 1. The lowest BCUT2D eigenvalue weighted by molar-refractivity contribution is 0.0471. The molecule has 5 heteroatoms. The van der Waals surface area contributed by atoms with Crippen molar-refractivity contribution in [1.82, 2.24) is 4.98 Å². The summed E-state index contributed by atoms with van der Waals surface area (Å²) in [5.41, 5.74) is 6.53. The standard InChI is InChI=1S/C32H29NO4/c1-20-15-24(17-22-9-5-4-6-10-22)31-27(16-20)30(26-11-7-8-12-28(26)33-31)32(35)37-19-25-18-23(21(2)34)13-14-29(25)36-3/h4-14,17-18,20H,15-16,19H2,1-3H3. The Balaban J connectivity index is 1.58. The number of benzene rings is 3. The van der Waals surface area contributed by atoms with E-state index in [2.05, 4.69) is 25.1 Å². The zero-order valence-corrected chi connectivity index (χ0v) is 21.3. The van der Waals surface area contributed by atoms with E-state index in [9.17, 15) is 9.59 Å². The minimum absolute atomic E-state index is 0.00316. The van der Waals surface area contributed by atoms with Gasteiger partial charge in [-0.15, -0.1) is 0 Å². The van der Waals surface area contributed by atoms with E-state index in [1.807, 2.05) is 42.5 Å². The molecule has 1 aromatic heterocycles. The molecule has 5 nitrogen and oxygen atoms in total. The van der Waals surface area contributed by atoms with Gasteiger partial charge < -0.3 is 9.47 Å². The number of hydrogen-bond acceptors (Lipinski definition) is 5. The van der Waals surface area contributed by atoms with Crippen LogP contribution in [0.25, 0.3) is 22.6 Å². The number of methoxy groups -OCH3 is 1. The Kier molecular flexibility index (Phi) is 6.87. The first kappa shape index (κ1) is 24.4. The predicted octanol–water partition coefficient (Wildman–Crippen LogP) is 6.93. The van der Waals surface area contributed by atoms with Crippen LogP contribution in [0.15, 0.2) is 72.8 Å². The van der Waals surface area contributed by atoms with Crippen LogP contribution in [0.4, 0.5) is 0 Å². The Labute approximate surface area is 216 Å². The van der Waals surface area contributed by atoms with Gasteiger partial charge in [0.2, 0.25) is 0 Å². The second-order valence-electron chi connectivity index (χ2n) is 9.58. The molecule has 0 saturated heterocycles. The number of rotatable bonds is 6. The number of pyridine rings is 1. The lowest BCUT2D eigenvalue weighted by Gasteiger charge is -2.26. The van der Waals surface area contributed by atoms with Crippen LogP contribution in [-0.2, 0) is 17.8 Å². The molecule has 1 aliphatic rings. The number of aromatic nitrogens is 1. The number of carbonyl (C=O) groups excluding carboxylic acids is 2. The lowest BCUT2D eigenvalue weighted by Crippen LogP contribution is -2.19. The summed E-state index contributed by atoms with van der Waals surface area (Å²) >= 11 is 0. The van der Waals surface area contributed by atoms with Gasteiger partial charge in [-0.25, -0.2) is 9.78 Å². The smallest absolute Gasteiger partial charge is 0.339 e. The van der Waals surface area contributed by atoms with E-state index in [-0.39, 0.29) is 12.4 Å². The van der Waals surface area contributed by atoms with Crippen LogP contribution in [0.2, 0.25) is 0 Å². The van der Waals surface area contributed by atoms with Gasteiger partial charge in [0.25, 0.3) is 0 Å². The first-order chi connectivity index (χ1) is 17.9. The van der Waals surface area contributed by atoms with Gasteiger partial charge in [0.05, 0.1) is 23.9 Å². The van der Waals surface area contributed by atoms with Crippen LogP contribution in [0.1, 0.15) is 63.4 Å². The molecule has 37 heavy (non-hydrogen) atoms. The van der Waals surface area contributed by atoms with Crippen molar-refractivity contribution in [3.05, 3.63) is 106 Å². The van der Waals surface area contributed by atoms with Gasteiger partial charge in [0.1, 0.15) is 12.4 Å². The summed E-state index contributed by atoms with van der Waals surface area (Å²) in [6.07, 6.45) is 3.80. The van der Waals surface area contributed by atoms with Gasteiger partial charge in [0.15, 0.2) is 5.78 Å². The number of esters is 1. The topological polar surface area (TPSA) is 65.5 Å². The first-order valence-electron chi connectivity index (χ1n) is 12.5. The quantitative estimate of drug-likeness (QED) is 0.216. The lowest BCUT2D eigenvalue weighted by atomic mass is 9.80. The van der Waals surface area contributed by atoms with E-state index >= 15 is 0 Å². The van der Waals surface area contributed by atoms with Gasteiger partial charge in [-0.3, -0.25) is 4.79 Å². The van der Waals surface area contributed by atoms with Crippen molar-refractivity contribution in [3.8, 4) is 5.75 Å². The number of Topliss-reactive ketones (excluding diaryl/α,β-unsaturated/α-hetero) is 1. The molecule has 0 aliphatic heterocycles. The van der Waals surface area contributed by atoms with Crippen LogP contribution in [0, 0.1) is 5.92 Å². The van der Waals surface area contributed by atoms with E-state index in [0.29, 0.717) is 28.4 Å². The normalized spacial score (nSPS) is 15.9. The van der Waals surface area contributed by atoms with Crippen molar-refractivity contribution in [1.29, 1.82) is 0 Å². The third-order valence-electron chi connectivity index (χ3n) is 6.81. The molecular weight excluding hydrogens is 462 g/mol. The number of ether oxygens (including phenoxy) is 2. The van der Waals surface area contributed by atoms with Crippen molar-refractivity contribution in [3.63, 3.8) is 0 Å². The van der Waals surface area contributed by atoms with Gasteiger partial charge in [-0.05, 0) is 72.7 Å². The highest BCUT2D eigenvalue weighted by molar-refractivity contribution is 6.06. The molecule has 1 unspecified atom stereocenters. The number of carbonyl (C=O) groups is 2. The van der Waals surface area contributed by atoms with E-state index in [1.165, 1.54) is 6.92 Å². The highest BCUT2D eigenvalue weighted by Crippen LogP contribution is 2.39. The summed E-state index contributed by atoms with van der Waals surface area (Å²) in [4.78, 5) is 30.6. The number of hydrogen-bond donors (Lipinski definition) is 0. The number of fused-ring (bicyclic) bond motifs is 2. The molecule has 1 heterocycles. The Hall–Kier alpha value is -4.25.